The number of para-hydroxylation sites is 1. The molecular weight excluding hydrogens is 318 g/mol. The quantitative estimate of drug-likeness (QED) is 0.924. The van der Waals surface area contributed by atoms with Gasteiger partial charge in [0, 0.05) is 37.9 Å². The van der Waals surface area contributed by atoms with Crippen LogP contribution in [-0.2, 0) is 7.05 Å². The molecule has 0 bridgehead atoms. The lowest BCUT2D eigenvalue weighted by Gasteiger charge is -2.26. The molecule has 0 radical (unpaired) electrons. The molecule has 2 heterocycles. The van der Waals surface area contributed by atoms with E-state index in [1.54, 1.807) is 13.1 Å². The van der Waals surface area contributed by atoms with Gasteiger partial charge >= 0.3 is 5.97 Å². The molecule has 0 atom stereocenters. The van der Waals surface area contributed by atoms with Crippen LogP contribution in [-0.4, -0.2) is 53.8 Å². The van der Waals surface area contributed by atoms with Crippen molar-refractivity contribution in [3.63, 3.8) is 0 Å². The summed E-state index contributed by atoms with van der Waals surface area (Å²) in [4.78, 5) is 28.2. The third-order valence-electron chi connectivity index (χ3n) is 4.77. The van der Waals surface area contributed by atoms with E-state index in [4.69, 9.17) is 5.11 Å². The Bertz CT molecular complexity index is 844. The summed E-state index contributed by atoms with van der Waals surface area (Å²) in [5, 5.41) is 9.14. The zero-order chi connectivity index (χ0) is 18.0. The van der Waals surface area contributed by atoms with E-state index in [0.29, 0.717) is 0 Å². The first kappa shape index (κ1) is 17.2. The van der Waals surface area contributed by atoms with Crippen LogP contribution >= 0.6 is 0 Å². The van der Waals surface area contributed by atoms with E-state index in [0.717, 1.165) is 49.5 Å². The van der Waals surface area contributed by atoms with Crippen LogP contribution in [0.1, 0.15) is 16.8 Å². The highest BCUT2D eigenvalue weighted by Crippen LogP contribution is 2.30. The van der Waals surface area contributed by atoms with Crippen LogP contribution in [0, 0.1) is 0 Å². The number of rotatable bonds is 3. The van der Waals surface area contributed by atoms with Crippen molar-refractivity contribution in [1.82, 2.24) is 9.47 Å². The van der Waals surface area contributed by atoms with Gasteiger partial charge in [0.25, 0.3) is 5.56 Å². The minimum absolute atomic E-state index is 0.208. The molecule has 0 aliphatic carbocycles. The minimum Gasteiger partial charge on any atom is -0.477 e. The fourth-order valence-corrected chi connectivity index (χ4v) is 3.32. The lowest BCUT2D eigenvalue weighted by molar-refractivity contribution is 0.0694. The van der Waals surface area contributed by atoms with Crippen LogP contribution in [0.15, 0.2) is 41.2 Å². The van der Waals surface area contributed by atoms with E-state index >= 15 is 0 Å². The normalized spacial score (nSPS) is 15.8. The molecule has 0 spiro atoms. The Labute approximate surface area is 146 Å². The number of hydrogen-bond donors (Lipinski definition) is 1. The molecule has 2 aromatic rings. The van der Waals surface area contributed by atoms with Crippen LogP contribution in [0.2, 0.25) is 0 Å². The first-order valence-corrected chi connectivity index (χ1v) is 8.45. The molecule has 1 N–H and O–H groups in total. The maximum absolute atomic E-state index is 12.4. The Morgan fingerprint density at radius 1 is 1.00 bits per heavy atom. The van der Waals surface area contributed by atoms with Gasteiger partial charge in [0.2, 0.25) is 0 Å². The van der Waals surface area contributed by atoms with Crippen molar-refractivity contribution in [1.29, 1.82) is 0 Å². The number of benzene rings is 1. The average Bonchev–Trinajstić information content (AvgIpc) is 2.81. The lowest BCUT2D eigenvalue weighted by Crippen LogP contribution is -2.30. The highest BCUT2D eigenvalue weighted by atomic mass is 16.4. The smallest absolute Gasteiger partial charge is 0.341 e. The number of anilines is 1. The molecule has 132 valence electrons. The van der Waals surface area contributed by atoms with Crippen molar-refractivity contribution in [3.8, 4) is 11.3 Å². The van der Waals surface area contributed by atoms with E-state index in [1.807, 2.05) is 18.2 Å². The van der Waals surface area contributed by atoms with Gasteiger partial charge in [-0.15, -0.1) is 0 Å². The second kappa shape index (κ2) is 7.11. The molecule has 1 saturated heterocycles. The standard InChI is InChI=1S/C19H23N3O3/c1-20-10-5-11-22(13-12-20)17-7-4-3-6-14(17)16-9-8-15(19(24)25)18(23)21(16)2/h3-4,6-9H,5,10-13H2,1-2H3,(H,24,25). The van der Waals surface area contributed by atoms with Crippen LogP contribution in [0.5, 0.6) is 0 Å². The predicted molar refractivity (Wildman–Crippen MR) is 98.4 cm³/mol. The first-order valence-electron chi connectivity index (χ1n) is 8.45. The maximum atomic E-state index is 12.4. The molecule has 0 amide bonds. The lowest BCUT2D eigenvalue weighted by atomic mass is 10.1. The number of carboxylic acids is 1. The first-order chi connectivity index (χ1) is 12.0. The number of hydrogen-bond acceptors (Lipinski definition) is 4. The van der Waals surface area contributed by atoms with E-state index in [9.17, 15) is 9.59 Å². The van der Waals surface area contributed by atoms with Crippen molar-refractivity contribution in [2.75, 3.05) is 38.1 Å². The van der Waals surface area contributed by atoms with Gasteiger partial charge in [0.1, 0.15) is 5.56 Å². The Kier molecular flexibility index (Phi) is 4.90. The van der Waals surface area contributed by atoms with E-state index in [-0.39, 0.29) is 5.56 Å². The zero-order valence-corrected chi connectivity index (χ0v) is 14.6. The van der Waals surface area contributed by atoms with Crippen LogP contribution in [0.3, 0.4) is 0 Å². The van der Waals surface area contributed by atoms with Crippen molar-refractivity contribution in [2.45, 2.75) is 6.42 Å². The third-order valence-corrected chi connectivity index (χ3v) is 4.77. The number of carboxylic acid groups (broad SMARTS) is 1. The van der Waals surface area contributed by atoms with Gasteiger partial charge < -0.3 is 19.5 Å². The fourth-order valence-electron chi connectivity index (χ4n) is 3.32. The molecule has 6 heteroatoms. The second-order valence-electron chi connectivity index (χ2n) is 6.46. The van der Waals surface area contributed by atoms with Gasteiger partial charge in [-0.05, 0) is 38.2 Å². The minimum atomic E-state index is -1.20. The SMILES string of the molecule is CN1CCCN(c2ccccc2-c2ccc(C(=O)O)c(=O)n2C)CC1. The summed E-state index contributed by atoms with van der Waals surface area (Å²) >= 11 is 0. The number of aromatic carboxylic acids is 1. The summed E-state index contributed by atoms with van der Waals surface area (Å²) in [7, 11) is 3.75. The van der Waals surface area contributed by atoms with Gasteiger partial charge in [0.05, 0.1) is 5.69 Å². The Balaban J connectivity index is 2.06. The summed E-state index contributed by atoms with van der Waals surface area (Å²) in [6.45, 7) is 3.95. The molecule has 1 aromatic heterocycles. The van der Waals surface area contributed by atoms with Gasteiger partial charge in [-0.3, -0.25) is 4.79 Å². The molecule has 1 fully saturated rings. The van der Waals surface area contributed by atoms with Gasteiger partial charge in [0.15, 0.2) is 0 Å². The number of aromatic nitrogens is 1. The molecule has 0 unspecified atom stereocenters. The molecule has 1 aliphatic rings. The van der Waals surface area contributed by atoms with Crippen LogP contribution in [0.4, 0.5) is 5.69 Å². The van der Waals surface area contributed by atoms with Gasteiger partial charge in [-0.25, -0.2) is 4.79 Å². The monoisotopic (exact) mass is 341 g/mol. The van der Waals surface area contributed by atoms with Crippen LogP contribution in [0.25, 0.3) is 11.3 Å². The number of nitrogens with zero attached hydrogens (tertiary/aromatic N) is 3. The number of pyridine rings is 1. The van der Waals surface area contributed by atoms with E-state index < -0.39 is 11.5 Å². The molecule has 1 aliphatic heterocycles. The summed E-state index contributed by atoms with van der Waals surface area (Å²) in [5.41, 5.74) is 2.05. The molecule has 3 rings (SSSR count). The van der Waals surface area contributed by atoms with Crippen LogP contribution < -0.4 is 10.5 Å². The van der Waals surface area contributed by atoms with Crippen molar-refractivity contribution in [3.05, 3.63) is 52.3 Å². The second-order valence-corrected chi connectivity index (χ2v) is 6.46. The highest BCUT2D eigenvalue weighted by molar-refractivity contribution is 5.88. The van der Waals surface area contributed by atoms with Crippen molar-refractivity contribution >= 4 is 11.7 Å². The Hall–Kier alpha value is -2.60. The number of carbonyl (C=O) groups is 1. The Morgan fingerprint density at radius 3 is 2.52 bits per heavy atom. The predicted octanol–water partition coefficient (Wildman–Crippen LogP) is 1.89. The summed E-state index contributed by atoms with van der Waals surface area (Å²) in [5.74, 6) is -1.20. The average molecular weight is 341 g/mol. The number of likely N-dealkylation sites (N-methyl/N-ethyl adjacent to an activating group) is 1. The summed E-state index contributed by atoms with van der Waals surface area (Å²) in [6.07, 6.45) is 1.09. The molecule has 6 nitrogen and oxygen atoms in total. The largest absolute Gasteiger partial charge is 0.477 e. The van der Waals surface area contributed by atoms with Gasteiger partial charge in [-0.1, -0.05) is 18.2 Å². The summed E-state index contributed by atoms with van der Waals surface area (Å²) < 4.78 is 1.42. The molecule has 1 aromatic carbocycles. The maximum Gasteiger partial charge on any atom is 0.341 e. The zero-order valence-electron chi connectivity index (χ0n) is 14.6. The topological polar surface area (TPSA) is 65.8 Å². The van der Waals surface area contributed by atoms with Gasteiger partial charge in [-0.2, -0.15) is 0 Å². The highest BCUT2D eigenvalue weighted by Gasteiger charge is 2.19. The molecular formula is C19H23N3O3. The van der Waals surface area contributed by atoms with E-state index in [2.05, 4.69) is 22.9 Å². The van der Waals surface area contributed by atoms with Crippen molar-refractivity contribution in [2.24, 2.45) is 7.05 Å². The molecule has 25 heavy (non-hydrogen) atoms. The Morgan fingerprint density at radius 2 is 1.76 bits per heavy atom. The van der Waals surface area contributed by atoms with E-state index in [1.165, 1.54) is 10.6 Å². The summed E-state index contributed by atoms with van der Waals surface area (Å²) in [6, 6.07) is 11.1. The fraction of sp³-hybridized carbons (Fsp3) is 0.368. The third kappa shape index (κ3) is 3.44. The van der Waals surface area contributed by atoms with Crippen molar-refractivity contribution < 1.29 is 9.90 Å². The molecule has 0 saturated carbocycles.